The lowest BCUT2D eigenvalue weighted by Gasteiger charge is -2.22. The van der Waals surface area contributed by atoms with Crippen LogP contribution in [-0.2, 0) is 4.79 Å². The maximum atomic E-state index is 13.3. The summed E-state index contributed by atoms with van der Waals surface area (Å²) in [5, 5.41) is 12.0. The summed E-state index contributed by atoms with van der Waals surface area (Å²) < 4.78 is 18.8. The Hall–Kier alpha value is -1.62. The Bertz CT molecular complexity index is 460. The van der Waals surface area contributed by atoms with Crippen molar-refractivity contribution in [2.45, 2.75) is 26.8 Å². The summed E-state index contributed by atoms with van der Waals surface area (Å²) in [6, 6.07) is 4.13. The molecule has 1 aromatic rings. The number of nitrogens with one attached hydrogen (secondary N) is 1. The van der Waals surface area contributed by atoms with Gasteiger partial charge in [0, 0.05) is 11.6 Å². The van der Waals surface area contributed by atoms with Gasteiger partial charge < -0.3 is 15.2 Å². The van der Waals surface area contributed by atoms with E-state index in [1.807, 2.05) is 6.92 Å². The highest BCUT2D eigenvalue weighted by atomic mass is 19.1. The first-order valence-corrected chi connectivity index (χ1v) is 6.11. The number of carboxylic acids is 1. The third-order valence-corrected chi connectivity index (χ3v) is 3.04. The standard InChI is InChI=1S/C14H20FNO3/c1-9(16-4)11-7-10(15)5-6-12(11)19-8-14(2,3)13(17)18/h5-7,9,16H,8H2,1-4H3,(H,17,18). The summed E-state index contributed by atoms with van der Waals surface area (Å²) in [5.41, 5.74) is -0.321. The van der Waals surface area contributed by atoms with E-state index in [0.29, 0.717) is 11.3 Å². The van der Waals surface area contributed by atoms with Crippen molar-refractivity contribution < 1.29 is 19.0 Å². The lowest BCUT2D eigenvalue weighted by Crippen LogP contribution is -2.31. The Morgan fingerprint density at radius 3 is 2.68 bits per heavy atom. The molecule has 5 heteroatoms. The summed E-state index contributed by atoms with van der Waals surface area (Å²) in [4.78, 5) is 11.0. The number of rotatable bonds is 6. The van der Waals surface area contributed by atoms with E-state index in [2.05, 4.69) is 5.32 Å². The smallest absolute Gasteiger partial charge is 0.312 e. The maximum absolute atomic E-state index is 13.3. The molecule has 0 fully saturated rings. The van der Waals surface area contributed by atoms with Crippen molar-refractivity contribution in [3.05, 3.63) is 29.6 Å². The van der Waals surface area contributed by atoms with E-state index >= 15 is 0 Å². The van der Waals surface area contributed by atoms with E-state index in [1.165, 1.54) is 18.2 Å². The first-order valence-electron chi connectivity index (χ1n) is 6.11. The van der Waals surface area contributed by atoms with Crippen LogP contribution >= 0.6 is 0 Å². The van der Waals surface area contributed by atoms with Crippen molar-refractivity contribution in [3.63, 3.8) is 0 Å². The Morgan fingerprint density at radius 2 is 2.16 bits per heavy atom. The van der Waals surface area contributed by atoms with Crippen molar-refractivity contribution in [1.29, 1.82) is 0 Å². The van der Waals surface area contributed by atoms with Gasteiger partial charge in [-0.2, -0.15) is 0 Å². The van der Waals surface area contributed by atoms with E-state index < -0.39 is 11.4 Å². The van der Waals surface area contributed by atoms with E-state index in [9.17, 15) is 9.18 Å². The van der Waals surface area contributed by atoms with Crippen LogP contribution in [0.5, 0.6) is 5.75 Å². The summed E-state index contributed by atoms with van der Waals surface area (Å²) >= 11 is 0. The number of hydrogen-bond acceptors (Lipinski definition) is 3. The zero-order chi connectivity index (χ0) is 14.6. The van der Waals surface area contributed by atoms with Gasteiger partial charge in [-0.05, 0) is 46.0 Å². The molecule has 0 saturated heterocycles. The molecule has 106 valence electrons. The number of aliphatic carboxylic acids is 1. The second-order valence-electron chi connectivity index (χ2n) is 5.17. The Kier molecular flexibility index (Phi) is 4.89. The third kappa shape index (κ3) is 3.92. The summed E-state index contributed by atoms with van der Waals surface area (Å²) in [7, 11) is 1.76. The minimum absolute atomic E-state index is 0.0252. The van der Waals surface area contributed by atoms with Crippen LogP contribution in [0.1, 0.15) is 32.4 Å². The number of carbonyl (C=O) groups is 1. The molecule has 0 saturated carbocycles. The number of hydrogen-bond donors (Lipinski definition) is 2. The summed E-state index contributed by atoms with van der Waals surface area (Å²) in [5.74, 6) is -0.780. The summed E-state index contributed by atoms with van der Waals surface area (Å²) in [6.45, 7) is 5.07. The zero-order valence-electron chi connectivity index (χ0n) is 11.7. The third-order valence-electron chi connectivity index (χ3n) is 3.04. The van der Waals surface area contributed by atoms with E-state index in [-0.39, 0.29) is 18.5 Å². The van der Waals surface area contributed by atoms with Crippen LogP contribution in [0.3, 0.4) is 0 Å². The average molecular weight is 269 g/mol. The number of carboxylic acid groups (broad SMARTS) is 1. The minimum atomic E-state index is -0.992. The van der Waals surface area contributed by atoms with E-state index in [1.54, 1.807) is 20.9 Å². The molecule has 0 spiro atoms. The molecule has 1 atom stereocenters. The Labute approximate surface area is 112 Å². The van der Waals surface area contributed by atoms with Crippen LogP contribution in [0.2, 0.25) is 0 Å². The van der Waals surface area contributed by atoms with Crippen LogP contribution in [0, 0.1) is 11.2 Å². The molecule has 2 N–H and O–H groups in total. The highest BCUT2D eigenvalue weighted by Crippen LogP contribution is 2.27. The molecule has 0 aliphatic rings. The van der Waals surface area contributed by atoms with Gasteiger partial charge in [0.2, 0.25) is 0 Å². The zero-order valence-corrected chi connectivity index (χ0v) is 11.7. The molecule has 1 rings (SSSR count). The van der Waals surface area contributed by atoms with Crippen LogP contribution < -0.4 is 10.1 Å². The number of halogens is 1. The molecule has 0 radical (unpaired) electrons. The molecule has 4 nitrogen and oxygen atoms in total. The second kappa shape index (κ2) is 6.02. The van der Waals surface area contributed by atoms with Gasteiger partial charge in [-0.1, -0.05) is 0 Å². The topological polar surface area (TPSA) is 58.6 Å². The molecule has 0 heterocycles. The van der Waals surface area contributed by atoms with Crippen molar-refractivity contribution in [2.75, 3.05) is 13.7 Å². The van der Waals surface area contributed by atoms with Gasteiger partial charge >= 0.3 is 5.97 Å². The van der Waals surface area contributed by atoms with Crippen molar-refractivity contribution in [1.82, 2.24) is 5.32 Å². The first-order chi connectivity index (χ1) is 8.77. The number of ether oxygens (including phenoxy) is 1. The fourth-order valence-corrected chi connectivity index (χ4v) is 1.46. The highest BCUT2D eigenvalue weighted by molar-refractivity contribution is 5.73. The van der Waals surface area contributed by atoms with E-state index in [0.717, 1.165) is 0 Å². The average Bonchev–Trinajstić information content (AvgIpc) is 2.36. The van der Waals surface area contributed by atoms with Gasteiger partial charge in [0.1, 0.15) is 18.2 Å². The minimum Gasteiger partial charge on any atom is -0.492 e. The fourth-order valence-electron chi connectivity index (χ4n) is 1.46. The second-order valence-corrected chi connectivity index (χ2v) is 5.17. The lowest BCUT2D eigenvalue weighted by molar-refractivity contribution is -0.148. The molecule has 0 bridgehead atoms. The van der Waals surface area contributed by atoms with E-state index in [4.69, 9.17) is 9.84 Å². The molecule has 1 unspecified atom stereocenters. The Morgan fingerprint density at radius 1 is 1.53 bits per heavy atom. The fraction of sp³-hybridized carbons (Fsp3) is 0.500. The van der Waals surface area contributed by atoms with Gasteiger partial charge in [0.05, 0.1) is 5.41 Å². The van der Waals surface area contributed by atoms with Gasteiger partial charge in [0.25, 0.3) is 0 Å². The predicted octanol–water partition coefficient (Wildman–Crippen LogP) is 2.60. The summed E-state index contributed by atoms with van der Waals surface area (Å²) in [6.07, 6.45) is 0. The van der Waals surface area contributed by atoms with Crippen LogP contribution in [0.4, 0.5) is 4.39 Å². The van der Waals surface area contributed by atoms with Gasteiger partial charge in [-0.3, -0.25) is 4.79 Å². The predicted molar refractivity (Wildman–Crippen MR) is 70.8 cm³/mol. The van der Waals surface area contributed by atoms with Crippen molar-refractivity contribution in [3.8, 4) is 5.75 Å². The maximum Gasteiger partial charge on any atom is 0.312 e. The van der Waals surface area contributed by atoms with Crippen LogP contribution in [0.15, 0.2) is 18.2 Å². The normalized spacial score (nSPS) is 13.1. The molecule has 0 aliphatic carbocycles. The van der Waals surface area contributed by atoms with Crippen LogP contribution in [-0.4, -0.2) is 24.7 Å². The van der Waals surface area contributed by atoms with Crippen molar-refractivity contribution in [2.24, 2.45) is 5.41 Å². The molecule has 0 amide bonds. The lowest BCUT2D eigenvalue weighted by atomic mass is 9.95. The largest absolute Gasteiger partial charge is 0.492 e. The molecule has 19 heavy (non-hydrogen) atoms. The Balaban J connectivity index is 2.92. The van der Waals surface area contributed by atoms with Gasteiger partial charge in [0.15, 0.2) is 0 Å². The number of benzene rings is 1. The highest BCUT2D eigenvalue weighted by Gasteiger charge is 2.28. The molecule has 0 aliphatic heterocycles. The van der Waals surface area contributed by atoms with Crippen molar-refractivity contribution >= 4 is 5.97 Å². The molecule has 1 aromatic carbocycles. The molecule has 0 aromatic heterocycles. The first kappa shape index (κ1) is 15.4. The molecular formula is C14H20FNO3. The molecular weight excluding hydrogens is 249 g/mol. The van der Waals surface area contributed by atoms with Gasteiger partial charge in [-0.15, -0.1) is 0 Å². The quantitative estimate of drug-likeness (QED) is 0.833. The monoisotopic (exact) mass is 269 g/mol. The van der Waals surface area contributed by atoms with Gasteiger partial charge in [-0.25, -0.2) is 4.39 Å². The van der Waals surface area contributed by atoms with Crippen LogP contribution in [0.25, 0.3) is 0 Å². The SMILES string of the molecule is CNC(C)c1cc(F)ccc1OCC(C)(C)C(=O)O.